The Balaban J connectivity index is 1.72. The van der Waals surface area contributed by atoms with Crippen LogP contribution in [0, 0.1) is 13.8 Å². The third kappa shape index (κ3) is 15.1. The minimum atomic E-state index is -1.28. The number of guanidine groups is 1. The molecule has 60 heavy (non-hydrogen) atoms. The van der Waals surface area contributed by atoms with Crippen molar-refractivity contribution in [1.29, 1.82) is 0 Å². The minimum absolute atomic E-state index is 0.0366. The van der Waals surface area contributed by atoms with Gasteiger partial charge in [-0.2, -0.15) is 0 Å². The first-order valence-electron chi connectivity index (χ1n) is 19.4. The van der Waals surface area contributed by atoms with E-state index in [1.54, 1.807) is 95.3 Å². The molecule has 4 aromatic rings. The van der Waals surface area contributed by atoms with Gasteiger partial charge in [-0.05, 0) is 93.5 Å². The second-order valence-corrected chi connectivity index (χ2v) is 15.2. The Morgan fingerprint density at radius 2 is 1.27 bits per heavy atom. The summed E-state index contributed by atoms with van der Waals surface area (Å²) in [6.07, 6.45) is -2.72. The van der Waals surface area contributed by atoms with Crippen molar-refractivity contribution >= 4 is 36.1 Å². The molecule has 3 atom stereocenters. The summed E-state index contributed by atoms with van der Waals surface area (Å²) in [5.74, 6) is -1.84. The zero-order chi connectivity index (χ0) is 43.8. The largest absolute Gasteiger partial charge is 0.508 e. The first-order chi connectivity index (χ1) is 28.5. The van der Waals surface area contributed by atoms with Gasteiger partial charge in [0.15, 0.2) is 0 Å². The number of phenols is 1. The van der Waals surface area contributed by atoms with E-state index in [2.05, 4.69) is 20.9 Å². The molecule has 0 aliphatic rings. The number of aryl methyl sites for hydroxylation is 2. The molecule has 0 heterocycles. The number of ether oxygens (including phenoxy) is 3. The number of nitrogens with zero attached hydrogens (tertiary/aromatic N) is 2. The van der Waals surface area contributed by atoms with Crippen molar-refractivity contribution < 1.29 is 43.3 Å². The van der Waals surface area contributed by atoms with E-state index in [1.165, 1.54) is 11.8 Å². The zero-order valence-electron chi connectivity index (χ0n) is 34.8. The number of carbonyl (C=O) groups is 5. The molecule has 318 valence electrons. The topological polar surface area (TPSA) is 211 Å². The number of nitrogens with two attached hydrogens (primary N) is 1. The molecule has 4 rings (SSSR count). The van der Waals surface area contributed by atoms with Crippen molar-refractivity contribution in [3.05, 3.63) is 137 Å². The molecule has 0 aliphatic carbocycles. The monoisotopic (exact) mass is 822 g/mol. The molecular weight excluding hydrogens is 769 g/mol. The number of phenolic OH excluding ortho intramolecular Hbond substituents is 1. The Labute approximate surface area is 350 Å². The Hall–Kier alpha value is -6.90. The van der Waals surface area contributed by atoms with Gasteiger partial charge in [-0.1, -0.05) is 91.0 Å². The highest BCUT2D eigenvalue weighted by molar-refractivity contribution is 5.99. The van der Waals surface area contributed by atoms with E-state index in [9.17, 15) is 29.1 Å². The molecule has 0 aromatic heterocycles. The Kier molecular flexibility index (Phi) is 16.6. The van der Waals surface area contributed by atoms with E-state index in [0.717, 1.165) is 5.56 Å². The average Bonchev–Trinajstić information content (AvgIpc) is 3.19. The molecule has 0 aliphatic heterocycles. The maximum atomic E-state index is 14.8. The highest BCUT2D eigenvalue weighted by Gasteiger charge is 2.35. The number of aliphatic imine (C=N–C) groups is 1. The molecule has 15 heteroatoms. The van der Waals surface area contributed by atoms with Crippen LogP contribution in [-0.4, -0.2) is 76.3 Å². The van der Waals surface area contributed by atoms with E-state index in [1.807, 2.05) is 42.5 Å². The van der Waals surface area contributed by atoms with Crippen molar-refractivity contribution in [2.75, 3.05) is 6.54 Å². The standard InChI is InChI=1S/C45H54N6O9/c1-29-22-36(52)23-30(2)37(29)25-38(48-44(57)60-45(4,5)6)40(54)51(31(3)39(46)53)26-35(24-32-16-10-7-11-17-32)47-41(49-42(55)58-27-33-18-12-8-13-19-33)50-43(56)59-28-34-20-14-9-15-21-34/h7-23,31,35,38,52H,24-28H2,1-6H3,(H2,46,53)(H,48,57)(H2,47,49,50,55,56)/t31-,35+,38+/m1/s1. The summed E-state index contributed by atoms with van der Waals surface area (Å²) in [5, 5.41) is 18.5. The molecule has 0 saturated heterocycles. The predicted molar refractivity (Wildman–Crippen MR) is 226 cm³/mol. The molecule has 0 radical (unpaired) electrons. The molecule has 4 aromatic carbocycles. The van der Waals surface area contributed by atoms with Crippen LogP contribution in [0.3, 0.4) is 0 Å². The van der Waals surface area contributed by atoms with Gasteiger partial charge in [0.05, 0.1) is 6.04 Å². The summed E-state index contributed by atoms with van der Waals surface area (Å²) in [6.45, 7) is 9.59. The van der Waals surface area contributed by atoms with Gasteiger partial charge in [0.25, 0.3) is 0 Å². The first-order valence-corrected chi connectivity index (χ1v) is 19.4. The van der Waals surface area contributed by atoms with Crippen LogP contribution in [0.1, 0.15) is 61.1 Å². The fourth-order valence-electron chi connectivity index (χ4n) is 6.22. The van der Waals surface area contributed by atoms with E-state index in [4.69, 9.17) is 19.9 Å². The third-order valence-corrected chi connectivity index (χ3v) is 9.16. The van der Waals surface area contributed by atoms with Gasteiger partial charge in [0, 0.05) is 13.0 Å². The predicted octanol–water partition coefficient (Wildman–Crippen LogP) is 5.97. The number of benzene rings is 4. The number of aromatic hydroxyl groups is 1. The molecule has 0 fully saturated rings. The second-order valence-electron chi connectivity index (χ2n) is 15.2. The van der Waals surface area contributed by atoms with Crippen LogP contribution in [-0.2, 0) is 49.9 Å². The smallest absolute Gasteiger partial charge is 0.437 e. The Bertz CT molecular complexity index is 2090. The van der Waals surface area contributed by atoms with Gasteiger partial charge in [0.2, 0.25) is 17.8 Å². The lowest BCUT2D eigenvalue weighted by molar-refractivity contribution is -0.140. The Morgan fingerprint density at radius 3 is 1.78 bits per heavy atom. The molecule has 0 unspecified atom stereocenters. The summed E-state index contributed by atoms with van der Waals surface area (Å²) in [7, 11) is 0. The quantitative estimate of drug-likeness (QED) is 0.0539. The van der Waals surface area contributed by atoms with E-state index in [-0.39, 0.29) is 44.3 Å². The van der Waals surface area contributed by atoms with Gasteiger partial charge in [-0.15, -0.1) is 4.99 Å². The van der Waals surface area contributed by atoms with Crippen molar-refractivity contribution in [3.63, 3.8) is 0 Å². The van der Waals surface area contributed by atoms with Crippen molar-refractivity contribution in [3.8, 4) is 5.75 Å². The van der Waals surface area contributed by atoms with Crippen molar-refractivity contribution in [2.24, 2.45) is 10.7 Å². The molecule has 15 nitrogen and oxygen atoms in total. The number of hydrogen-bond acceptors (Lipinski definition) is 9. The lowest BCUT2D eigenvalue weighted by Gasteiger charge is -2.35. The van der Waals surface area contributed by atoms with Crippen molar-refractivity contribution in [1.82, 2.24) is 20.9 Å². The lowest BCUT2D eigenvalue weighted by atomic mass is 9.94. The highest BCUT2D eigenvalue weighted by Crippen LogP contribution is 2.23. The fraction of sp³-hybridized carbons (Fsp3) is 0.333. The molecule has 0 saturated carbocycles. The third-order valence-electron chi connectivity index (χ3n) is 9.16. The van der Waals surface area contributed by atoms with Crippen LogP contribution >= 0.6 is 0 Å². The van der Waals surface area contributed by atoms with Gasteiger partial charge in [-0.3, -0.25) is 14.9 Å². The summed E-state index contributed by atoms with van der Waals surface area (Å²) in [5.41, 5.74) is 9.15. The van der Waals surface area contributed by atoms with Crippen LogP contribution in [0.5, 0.6) is 5.75 Å². The fourth-order valence-corrected chi connectivity index (χ4v) is 6.22. The van der Waals surface area contributed by atoms with Gasteiger partial charge < -0.3 is 40.6 Å². The van der Waals surface area contributed by atoms with Crippen molar-refractivity contribution in [2.45, 2.75) is 91.3 Å². The number of alkyl carbamates (subject to hydrolysis) is 2. The zero-order valence-corrected chi connectivity index (χ0v) is 34.8. The maximum absolute atomic E-state index is 14.8. The number of hydrogen-bond donors (Lipinski definition) is 5. The van der Waals surface area contributed by atoms with E-state index in [0.29, 0.717) is 27.8 Å². The summed E-state index contributed by atoms with van der Waals surface area (Å²) < 4.78 is 16.4. The Morgan fingerprint density at radius 1 is 0.750 bits per heavy atom. The number of nitrogens with one attached hydrogen (secondary N) is 3. The van der Waals surface area contributed by atoms with Gasteiger partial charge in [-0.25, -0.2) is 14.4 Å². The van der Waals surface area contributed by atoms with Crippen LogP contribution < -0.4 is 21.7 Å². The number of primary amides is 1. The van der Waals surface area contributed by atoms with Crippen LogP contribution in [0.15, 0.2) is 108 Å². The normalized spacial score (nSPS) is 12.9. The van der Waals surface area contributed by atoms with Gasteiger partial charge >= 0.3 is 18.3 Å². The minimum Gasteiger partial charge on any atom is -0.508 e. The highest BCUT2D eigenvalue weighted by atomic mass is 16.6. The summed E-state index contributed by atoms with van der Waals surface area (Å²) in [4.78, 5) is 72.6. The molecule has 0 bridgehead atoms. The van der Waals surface area contributed by atoms with Gasteiger partial charge in [0.1, 0.15) is 36.6 Å². The molecular formula is C45H54N6O9. The SMILES string of the molecule is Cc1cc(O)cc(C)c1C[C@H](NC(=O)OC(C)(C)C)C(=O)N(C[C@H](Cc1ccccc1)N/C(=N\C(=O)OCc1ccccc1)NC(=O)OCc1ccccc1)[C@H](C)C(N)=O. The van der Waals surface area contributed by atoms with Crippen LogP contribution in [0.4, 0.5) is 14.4 Å². The molecule has 6 N–H and O–H groups in total. The van der Waals surface area contributed by atoms with E-state index < -0.39 is 53.8 Å². The summed E-state index contributed by atoms with van der Waals surface area (Å²) >= 11 is 0. The van der Waals surface area contributed by atoms with Crippen LogP contribution in [0.2, 0.25) is 0 Å². The van der Waals surface area contributed by atoms with E-state index >= 15 is 0 Å². The maximum Gasteiger partial charge on any atom is 0.437 e. The molecule has 0 spiro atoms. The number of rotatable bonds is 15. The van der Waals surface area contributed by atoms with Crippen LogP contribution in [0.25, 0.3) is 0 Å². The second kappa shape index (κ2) is 21.7. The lowest BCUT2D eigenvalue weighted by Crippen LogP contribution is -2.59. The molecule has 5 amide bonds. The number of carbonyl (C=O) groups excluding carboxylic acids is 5. The summed E-state index contributed by atoms with van der Waals surface area (Å²) in [6, 6.07) is 26.8. The average molecular weight is 823 g/mol. The first kappa shape index (κ1) is 45.8. The number of amides is 5.